The van der Waals surface area contributed by atoms with Crippen LogP contribution in [0.15, 0.2) is 0 Å². The smallest absolute Gasteiger partial charge is 0.302 e. The zero-order valence-corrected chi connectivity index (χ0v) is 4.47. The third-order valence-corrected chi connectivity index (χ3v) is 0.287. The van der Waals surface area contributed by atoms with Crippen molar-refractivity contribution < 1.29 is 9.53 Å². The number of esters is 1. The molecule has 0 aliphatic rings. The van der Waals surface area contributed by atoms with Crippen molar-refractivity contribution >= 4 is 5.97 Å². The maximum Gasteiger partial charge on any atom is 0.302 e. The van der Waals surface area contributed by atoms with Crippen LogP contribution in [0.2, 0.25) is 0 Å². The lowest BCUT2D eigenvalue weighted by Crippen LogP contribution is -1.88. The van der Waals surface area contributed by atoms with Crippen LogP contribution < -0.4 is 0 Å². The second-order valence-corrected chi connectivity index (χ2v) is 0.696. The highest BCUT2D eigenvalue weighted by atomic mass is 16.5. The van der Waals surface area contributed by atoms with Gasteiger partial charge >= 0.3 is 5.97 Å². The molecule has 2 heteroatoms. The van der Waals surface area contributed by atoms with Crippen LogP contribution in [0.3, 0.4) is 0 Å². The van der Waals surface area contributed by atoms with E-state index in [-0.39, 0.29) is 5.97 Å². The number of hydrogen-bond donors (Lipinski definition) is 0. The largest absolute Gasteiger partial charge is 0.469 e. The fourth-order valence-corrected chi connectivity index (χ4v) is 0. The van der Waals surface area contributed by atoms with Gasteiger partial charge in [-0.25, -0.2) is 0 Å². The minimum Gasteiger partial charge on any atom is -0.469 e. The molecule has 2 nitrogen and oxygen atoms in total. The second kappa shape index (κ2) is 8.90. The van der Waals surface area contributed by atoms with Crippen molar-refractivity contribution in [3.8, 4) is 12.8 Å². The van der Waals surface area contributed by atoms with Crippen LogP contribution >= 0.6 is 0 Å². The van der Waals surface area contributed by atoms with Crippen LogP contribution in [-0.4, -0.2) is 13.1 Å². The molecule has 0 atom stereocenters. The minimum absolute atomic E-state index is 0.245. The lowest BCUT2D eigenvalue weighted by molar-refractivity contribution is -0.137. The molecule has 40 valence electrons. The molecular formula is C5H8O2. The predicted octanol–water partition coefficient (Wildman–Crippen LogP) is 0.429. The molecular weight excluding hydrogens is 92.1 g/mol. The molecule has 0 saturated heterocycles. The Morgan fingerprint density at radius 2 is 1.71 bits per heavy atom. The molecule has 0 bridgehead atoms. The van der Waals surface area contributed by atoms with Gasteiger partial charge in [-0.05, 0) is 0 Å². The van der Waals surface area contributed by atoms with Gasteiger partial charge in [0.15, 0.2) is 0 Å². The number of methoxy groups -OCH3 is 1. The van der Waals surface area contributed by atoms with Crippen molar-refractivity contribution in [2.45, 2.75) is 6.92 Å². The molecule has 0 radical (unpaired) electrons. The van der Waals surface area contributed by atoms with E-state index in [0.717, 1.165) is 0 Å². The molecule has 0 aromatic carbocycles. The summed E-state index contributed by atoms with van der Waals surface area (Å²) in [5.74, 6) is -0.245. The summed E-state index contributed by atoms with van der Waals surface area (Å²) < 4.78 is 4.11. The standard InChI is InChI=1S/C3H6O2.C2H2/c1-3(4)5-2;1-2/h1-2H3;1-2H. The van der Waals surface area contributed by atoms with E-state index in [2.05, 4.69) is 17.6 Å². The molecule has 0 aliphatic heterocycles. The Kier molecular flexibility index (Phi) is 11.9. The van der Waals surface area contributed by atoms with Gasteiger partial charge in [-0.1, -0.05) is 0 Å². The van der Waals surface area contributed by atoms with Crippen LogP contribution in [0.4, 0.5) is 0 Å². The van der Waals surface area contributed by atoms with E-state index >= 15 is 0 Å². The Labute approximate surface area is 43.5 Å². The summed E-state index contributed by atoms with van der Waals surface area (Å²) in [6.45, 7) is 1.36. The second-order valence-electron chi connectivity index (χ2n) is 0.696. The Morgan fingerprint density at radius 1 is 1.57 bits per heavy atom. The molecule has 0 N–H and O–H groups in total. The van der Waals surface area contributed by atoms with E-state index in [1.807, 2.05) is 0 Å². The quantitative estimate of drug-likeness (QED) is 0.326. The summed E-state index contributed by atoms with van der Waals surface area (Å²) in [6.07, 6.45) is 8.00. The zero-order chi connectivity index (χ0) is 6.28. The molecule has 0 heterocycles. The number of ether oxygens (including phenoxy) is 1. The Hall–Kier alpha value is -0.970. The average Bonchev–Trinajstić information content (AvgIpc) is 1.73. The van der Waals surface area contributed by atoms with Crippen LogP contribution in [0.25, 0.3) is 0 Å². The molecule has 0 aromatic heterocycles. The maximum atomic E-state index is 9.59. The Bertz CT molecular complexity index is 63.7. The first kappa shape index (κ1) is 9.39. The van der Waals surface area contributed by atoms with E-state index in [1.165, 1.54) is 14.0 Å². The highest BCUT2D eigenvalue weighted by Crippen LogP contribution is 1.60. The molecule has 0 aliphatic carbocycles. The lowest BCUT2D eigenvalue weighted by atomic mass is 10.8. The normalized spacial score (nSPS) is 5.14. The van der Waals surface area contributed by atoms with Gasteiger partial charge in [0.05, 0.1) is 7.11 Å². The highest BCUT2D eigenvalue weighted by Gasteiger charge is 1.75. The number of terminal acetylenes is 1. The van der Waals surface area contributed by atoms with Crippen LogP contribution in [0, 0.1) is 12.8 Å². The molecule has 0 saturated carbocycles. The van der Waals surface area contributed by atoms with E-state index < -0.39 is 0 Å². The van der Waals surface area contributed by atoms with E-state index in [0.29, 0.717) is 0 Å². The fourth-order valence-electron chi connectivity index (χ4n) is 0. The van der Waals surface area contributed by atoms with Crippen LogP contribution in [0.1, 0.15) is 6.92 Å². The van der Waals surface area contributed by atoms with E-state index in [1.54, 1.807) is 0 Å². The van der Waals surface area contributed by atoms with Crippen molar-refractivity contribution in [2.24, 2.45) is 0 Å². The predicted molar refractivity (Wildman–Crippen MR) is 27.6 cm³/mol. The molecule has 0 rings (SSSR count). The van der Waals surface area contributed by atoms with Gasteiger partial charge in [0.25, 0.3) is 0 Å². The van der Waals surface area contributed by atoms with Gasteiger partial charge in [0, 0.05) is 6.92 Å². The molecule has 0 amide bonds. The first-order chi connectivity index (χ1) is 3.27. The first-order valence-electron chi connectivity index (χ1n) is 1.65. The third kappa shape index (κ3) is 43.5. The average molecular weight is 100 g/mol. The summed E-state index contributed by atoms with van der Waals surface area (Å²) >= 11 is 0. The maximum absolute atomic E-state index is 9.59. The lowest BCUT2D eigenvalue weighted by Gasteiger charge is -1.80. The number of hydrogen-bond acceptors (Lipinski definition) is 2. The topological polar surface area (TPSA) is 26.3 Å². The van der Waals surface area contributed by atoms with E-state index in [9.17, 15) is 4.79 Å². The van der Waals surface area contributed by atoms with Crippen molar-refractivity contribution in [1.82, 2.24) is 0 Å². The fraction of sp³-hybridized carbons (Fsp3) is 0.400. The van der Waals surface area contributed by atoms with Gasteiger partial charge < -0.3 is 4.74 Å². The van der Waals surface area contributed by atoms with E-state index in [4.69, 9.17) is 0 Å². The van der Waals surface area contributed by atoms with Crippen molar-refractivity contribution in [3.63, 3.8) is 0 Å². The van der Waals surface area contributed by atoms with Gasteiger partial charge in [-0.15, -0.1) is 12.8 Å². The van der Waals surface area contributed by atoms with Crippen molar-refractivity contribution in [2.75, 3.05) is 7.11 Å². The van der Waals surface area contributed by atoms with Crippen LogP contribution in [0.5, 0.6) is 0 Å². The summed E-state index contributed by atoms with van der Waals surface area (Å²) in [4.78, 5) is 9.59. The number of carbonyl (C=O) groups excluding carboxylic acids is 1. The Morgan fingerprint density at radius 3 is 1.71 bits per heavy atom. The number of rotatable bonds is 0. The van der Waals surface area contributed by atoms with Gasteiger partial charge in [-0.3, -0.25) is 4.79 Å². The summed E-state index contributed by atoms with van der Waals surface area (Å²) in [5.41, 5.74) is 0. The third-order valence-electron chi connectivity index (χ3n) is 0.287. The SMILES string of the molecule is C#C.COC(C)=O. The summed E-state index contributed by atoms with van der Waals surface area (Å²) in [5, 5.41) is 0. The van der Waals surface area contributed by atoms with Gasteiger partial charge in [0.2, 0.25) is 0 Å². The molecule has 0 aromatic rings. The molecule has 7 heavy (non-hydrogen) atoms. The zero-order valence-electron chi connectivity index (χ0n) is 4.47. The van der Waals surface area contributed by atoms with Crippen LogP contribution in [-0.2, 0) is 9.53 Å². The molecule has 0 spiro atoms. The highest BCUT2D eigenvalue weighted by molar-refractivity contribution is 5.65. The summed E-state index contributed by atoms with van der Waals surface area (Å²) in [7, 11) is 1.35. The monoisotopic (exact) mass is 100 g/mol. The molecule has 0 unspecified atom stereocenters. The first-order valence-corrected chi connectivity index (χ1v) is 1.65. The number of carbonyl (C=O) groups is 1. The minimum atomic E-state index is -0.245. The van der Waals surface area contributed by atoms with Gasteiger partial charge in [-0.2, -0.15) is 0 Å². The Balaban J connectivity index is 0. The van der Waals surface area contributed by atoms with Crippen molar-refractivity contribution in [1.29, 1.82) is 0 Å². The molecule has 0 fully saturated rings. The van der Waals surface area contributed by atoms with Crippen molar-refractivity contribution in [3.05, 3.63) is 0 Å². The summed E-state index contributed by atoms with van der Waals surface area (Å²) in [6, 6.07) is 0. The van der Waals surface area contributed by atoms with Gasteiger partial charge in [0.1, 0.15) is 0 Å².